The normalized spacial score (nSPS) is 10.8. The van der Waals surface area contributed by atoms with Gasteiger partial charge in [0.2, 0.25) is 0 Å². The van der Waals surface area contributed by atoms with Crippen molar-refractivity contribution in [3.63, 3.8) is 0 Å². The van der Waals surface area contributed by atoms with Crippen LogP contribution in [-0.2, 0) is 12.8 Å². The highest BCUT2D eigenvalue weighted by molar-refractivity contribution is 5.79. The Bertz CT molecular complexity index is 545. The van der Waals surface area contributed by atoms with Crippen LogP contribution in [0.3, 0.4) is 0 Å². The molecule has 0 aliphatic heterocycles. The molecule has 2 heterocycles. The first-order valence-corrected chi connectivity index (χ1v) is 5.13. The lowest BCUT2D eigenvalue weighted by molar-refractivity contribution is 0.906. The van der Waals surface area contributed by atoms with Crippen molar-refractivity contribution in [3.05, 3.63) is 33.9 Å². The van der Waals surface area contributed by atoms with Crippen LogP contribution in [0.2, 0.25) is 0 Å². The zero-order valence-electron chi connectivity index (χ0n) is 8.87. The quantitative estimate of drug-likeness (QED) is 0.803. The summed E-state index contributed by atoms with van der Waals surface area (Å²) in [7, 11) is 0. The van der Waals surface area contributed by atoms with Gasteiger partial charge in [-0.25, -0.2) is 5.10 Å². The smallest absolute Gasteiger partial charge is 0.267 e. The molecule has 0 saturated carbocycles. The van der Waals surface area contributed by atoms with Crippen LogP contribution in [0, 0.1) is 0 Å². The molecule has 0 fully saturated rings. The molecule has 2 aromatic heterocycles. The van der Waals surface area contributed by atoms with E-state index in [4.69, 9.17) is 0 Å². The number of rotatable bonds is 2. The first-order valence-electron chi connectivity index (χ1n) is 5.13. The maximum absolute atomic E-state index is 11.5. The summed E-state index contributed by atoms with van der Waals surface area (Å²) in [5, 5.41) is 7.11. The number of hydrogen-bond acceptors (Lipinski definition) is 3. The van der Waals surface area contributed by atoms with E-state index in [0.717, 1.165) is 29.7 Å². The molecule has 4 heteroatoms. The molecule has 2 aromatic rings. The summed E-state index contributed by atoms with van der Waals surface area (Å²) in [4.78, 5) is 15.9. The molecular weight excluding hydrogens is 190 g/mol. The Morgan fingerprint density at radius 3 is 2.73 bits per heavy atom. The predicted octanol–water partition coefficient (Wildman–Crippen LogP) is 1.44. The third kappa shape index (κ3) is 1.63. The van der Waals surface area contributed by atoms with Crippen molar-refractivity contribution in [3.8, 4) is 0 Å². The number of aromatic amines is 1. The molecule has 4 nitrogen and oxygen atoms in total. The predicted molar refractivity (Wildman–Crippen MR) is 58.9 cm³/mol. The fourth-order valence-corrected chi connectivity index (χ4v) is 1.58. The van der Waals surface area contributed by atoms with Crippen molar-refractivity contribution in [2.45, 2.75) is 26.7 Å². The molecular formula is C11H13N3O. The second-order valence-corrected chi connectivity index (χ2v) is 3.41. The zero-order chi connectivity index (χ0) is 10.8. The van der Waals surface area contributed by atoms with Crippen molar-refractivity contribution in [2.75, 3.05) is 0 Å². The van der Waals surface area contributed by atoms with Crippen molar-refractivity contribution < 1.29 is 0 Å². The maximum atomic E-state index is 11.5. The standard InChI is InChI=1S/C11H13N3O/c1-3-7-5-6-8-10(12-7)9(4-2)13-14-11(8)15/h5-6H,3-4H2,1-2H3,(H,14,15). The first kappa shape index (κ1) is 9.83. The van der Waals surface area contributed by atoms with Gasteiger partial charge in [0.25, 0.3) is 5.56 Å². The van der Waals surface area contributed by atoms with Gasteiger partial charge in [0.05, 0.1) is 16.6 Å². The van der Waals surface area contributed by atoms with Crippen molar-refractivity contribution in [1.82, 2.24) is 15.2 Å². The monoisotopic (exact) mass is 203 g/mol. The second kappa shape index (κ2) is 3.81. The van der Waals surface area contributed by atoms with E-state index in [1.54, 1.807) is 0 Å². The molecule has 0 bridgehead atoms. The summed E-state index contributed by atoms with van der Waals surface area (Å²) in [6.07, 6.45) is 1.64. The molecule has 0 atom stereocenters. The Morgan fingerprint density at radius 1 is 1.27 bits per heavy atom. The van der Waals surface area contributed by atoms with E-state index in [-0.39, 0.29) is 5.56 Å². The molecule has 0 aliphatic carbocycles. The Hall–Kier alpha value is -1.71. The summed E-state index contributed by atoms with van der Waals surface area (Å²) >= 11 is 0. The third-order valence-corrected chi connectivity index (χ3v) is 2.46. The number of aryl methyl sites for hydroxylation is 2. The minimum atomic E-state index is -0.169. The number of fused-ring (bicyclic) bond motifs is 1. The van der Waals surface area contributed by atoms with E-state index < -0.39 is 0 Å². The van der Waals surface area contributed by atoms with Gasteiger partial charge in [0.1, 0.15) is 0 Å². The highest BCUT2D eigenvalue weighted by Gasteiger charge is 2.06. The Labute approximate surface area is 87.4 Å². The molecule has 0 amide bonds. The van der Waals surface area contributed by atoms with E-state index >= 15 is 0 Å². The van der Waals surface area contributed by atoms with E-state index in [1.807, 2.05) is 26.0 Å². The zero-order valence-corrected chi connectivity index (χ0v) is 8.87. The topological polar surface area (TPSA) is 58.6 Å². The van der Waals surface area contributed by atoms with Gasteiger partial charge in [-0.05, 0) is 25.0 Å². The highest BCUT2D eigenvalue weighted by atomic mass is 16.1. The second-order valence-electron chi connectivity index (χ2n) is 3.41. The van der Waals surface area contributed by atoms with E-state index in [0.29, 0.717) is 5.39 Å². The van der Waals surface area contributed by atoms with Crippen LogP contribution >= 0.6 is 0 Å². The number of pyridine rings is 1. The first-order chi connectivity index (χ1) is 7.26. The summed E-state index contributed by atoms with van der Waals surface area (Å²) in [5.74, 6) is 0. The summed E-state index contributed by atoms with van der Waals surface area (Å²) < 4.78 is 0. The van der Waals surface area contributed by atoms with Gasteiger partial charge >= 0.3 is 0 Å². The van der Waals surface area contributed by atoms with Gasteiger partial charge in [-0.1, -0.05) is 13.8 Å². The van der Waals surface area contributed by atoms with Gasteiger partial charge in [-0.2, -0.15) is 5.10 Å². The number of nitrogens with one attached hydrogen (secondary N) is 1. The third-order valence-electron chi connectivity index (χ3n) is 2.46. The SMILES string of the molecule is CCc1ccc2c(=O)[nH]nc(CC)c2n1. The average molecular weight is 203 g/mol. The minimum Gasteiger partial charge on any atom is -0.267 e. The van der Waals surface area contributed by atoms with Gasteiger partial charge in [-0.3, -0.25) is 9.78 Å². The van der Waals surface area contributed by atoms with E-state index in [2.05, 4.69) is 15.2 Å². The number of nitrogens with zero attached hydrogens (tertiary/aromatic N) is 2. The average Bonchev–Trinajstić information content (AvgIpc) is 2.29. The lowest BCUT2D eigenvalue weighted by Crippen LogP contribution is -2.12. The maximum Gasteiger partial charge on any atom is 0.273 e. The summed E-state index contributed by atoms with van der Waals surface area (Å²) in [5.41, 5.74) is 2.41. The molecule has 0 radical (unpaired) electrons. The van der Waals surface area contributed by atoms with Crippen LogP contribution in [0.5, 0.6) is 0 Å². The van der Waals surface area contributed by atoms with E-state index in [1.165, 1.54) is 0 Å². The van der Waals surface area contributed by atoms with Crippen LogP contribution in [-0.4, -0.2) is 15.2 Å². The van der Waals surface area contributed by atoms with Gasteiger partial charge < -0.3 is 0 Å². The van der Waals surface area contributed by atoms with Gasteiger partial charge in [0, 0.05) is 5.69 Å². The highest BCUT2D eigenvalue weighted by Crippen LogP contribution is 2.11. The van der Waals surface area contributed by atoms with Crippen LogP contribution < -0.4 is 5.56 Å². The van der Waals surface area contributed by atoms with Crippen LogP contribution in [0.1, 0.15) is 25.2 Å². The molecule has 2 rings (SSSR count). The number of aromatic nitrogens is 3. The summed E-state index contributed by atoms with van der Waals surface area (Å²) in [6, 6.07) is 3.71. The molecule has 0 saturated heterocycles. The van der Waals surface area contributed by atoms with Crippen LogP contribution in [0.25, 0.3) is 10.9 Å². The lowest BCUT2D eigenvalue weighted by Gasteiger charge is -2.03. The van der Waals surface area contributed by atoms with Crippen molar-refractivity contribution >= 4 is 10.9 Å². The van der Waals surface area contributed by atoms with Crippen LogP contribution in [0.15, 0.2) is 16.9 Å². The fraction of sp³-hybridized carbons (Fsp3) is 0.364. The molecule has 0 unspecified atom stereocenters. The van der Waals surface area contributed by atoms with E-state index in [9.17, 15) is 4.79 Å². The number of hydrogen-bond donors (Lipinski definition) is 1. The Kier molecular flexibility index (Phi) is 2.49. The van der Waals surface area contributed by atoms with Gasteiger partial charge in [0.15, 0.2) is 0 Å². The largest absolute Gasteiger partial charge is 0.273 e. The summed E-state index contributed by atoms with van der Waals surface area (Å²) in [6.45, 7) is 4.04. The molecule has 78 valence electrons. The van der Waals surface area contributed by atoms with Crippen LogP contribution in [0.4, 0.5) is 0 Å². The van der Waals surface area contributed by atoms with Crippen molar-refractivity contribution in [2.24, 2.45) is 0 Å². The molecule has 0 spiro atoms. The lowest BCUT2D eigenvalue weighted by atomic mass is 10.2. The van der Waals surface area contributed by atoms with Crippen molar-refractivity contribution in [1.29, 1.82) is 0 Å². The molecule has 1 N–H and O–H groups in total. The molecule has 15 heavy (non-hydrogen) atoms. The Morgan fingerprint density at radius 2 is 2.07 bits per heavy atom. The minimum absolute atomic E-state index is 0.169. The Balaban J connectivity index is 2.83. The molecule has 0 aromatic carbocycles. The fourth-order valence-electron chi connectivity index (χ4n) is 1.58. The molecule has 0 aliphatic rings. The number of H-pyrrole nitrogens is 1. The van der Waals surface area contributed by atoms with Gasteiger partial charge in [-0.15, -0.1) is 0 Å².